The molecule has 0 spiro atoms. The third kappa shape index (κ3) is 3.58. The van der Waals surface area contributed by atoms with Crippen LogP contribution in [0.3, 0.4) is 0 Å². The molecule has 4 heterocycles. The lowest BCUT2D eigenvalue weighted by Gasteiger charge is -2.21. The quantitative estimate of drug-likeness (QED) is 0.550. The third-order valence-electron chi connectivity index (χ3n) is 5.03. The predicted molar refractivity (Wildman–Crippen MR) is 101 cm³/mol. The van der Waals surface area contributed by atoms with Gasteiger partial charge in [-0.25, -0.2) is 4.98 Å². The van der Waals surface area contributed by atoms with Gasteiger partial charge in [-0.3, -0.25) is 14.8 Å². The smallest absolute Gasteiger partial charge is 0.270 e. The Bertz CT molecular complexity index is 946. The van der Waals surface area contributed by atoms with Crippen LogP contribution in [0, 0.1) is 0 Å². The zero-order valence-electron chi connectivity index (χ0n) is 15.4. The van der Waals surface area contributed by atoms with E-state index >= 15 is 0 Å². The van der Waals surface area contributed by atoms with Crippen molar-refractivity contribution in [3.8, 4) is 0 Å². The van der Waals surface area contributed by atoms with Crippen LogP contribution in [0.1, 0.15) is 54.3 Å². The summed E-state index contributed by atoms with van der Waals surface area (Å²) in [5.41, 5.74) is 2.70. The fraction of sp³-hybridized carbons (Fsp3) is 0.421. The van der Waals surface area contributed by atoms with Gasteiger partial charge in [0.05, 0.1) is 11.4 Å². The van der Waals surface area contributed by atoms with Crippen molar-refractivity contribution < 1.29 is 9.90 Å². The first-order chi connectivity index (χ1) is 13.0. The standard InChI is InChI=1S/C19H24N6O2/c1-11(2)15-9-16(24-23-15)19(27)25-8-6-13(10-25)21-18(26)14-4-3-12-5-7-20-17(12)22-14/h3-5,7,9,11,13,19,27H,6,8,10H2,1-2H3,(H,20,22)(H,21,26)(H,23,24). The molecular weight excluding hydrogens is 344 g/mol. The Hall–Kier alpha value is -2.71. The van der Waals surface area contributed by atoms with Crippen LogP contribution in [0.4, 0.5) is 0 Å². The van der Waals surface area contributed by atoms with Gasteiger partial charge in [0.25, 0.3) is 5.91 Å². The fourth-order valence-corrected chi connectivity index (χ4v) is 3.42. The molecule has 0 aromatic carbocycles. The number of carbonyl (C=O) groups is 1. The number of aromatic nitrogens is 4. The van der Waals surface area contributed by atoms with Crippen molar-refractivity contribution in [3.05, 3.63) is 47.5 Å². The number of carbonyl (C=O) groups excluding carboxylic acids is 1. The van der Waals surface area contributed by atoms with E-state index in [1.54, 1.807) is 12.3 Å². The van der Waals surface area contributed by atoms with Gasteiger partial charge in [0.2, 0.25) is 0 Å². The normalized spacial score (nSPS) is 19.0. The largest absolute Gasteiger partial charge is 0.372 e. The van der Waals surface area contributed by atoms with Crippen molar-refractivity contribution in [1.82, 2.24) is 30.4 Å². The average Bonchev–Trinajstić information content (AvgIpc) is 3.40. The van der Waals surface area contributed by atoms with Crippen LogP contribution in [0.15, 0.2) is 30.5 Å². The van der Waals surface area contributed by atoms with E-state index < -0.39 is 6.23 Å². The maximum absolute atomic E-state index is 12.5. The molecule has 0 saturated carbocycles. The van der Waals surface area contributed by atoms with E-state index in [4.69, 9.17) is 0 Å². The first kappa shape index (κ1) is 17.7. The molecule has 8 nitrogen and oxygen atoms in total. The van der Waals surface area contributed by atoms with Crippen molar-refractivity contribution in [2.75, 3.05) is 13.1 Å². The monoisotopic (exact) mass is 368 g/mol. The highest BCUT2D eigenvalue weighted by atomic mass is 16.3. The Morgan fingerprint density at radius 1 is 1.37 bits per heavy atom. The van der Waals surface area contributed by atoms with Crippen LogP contribution in [0.2, 0.25) is 0 Å². The number of H-pyrrole nitrogens is 2. The number of fused-ring (bicyclic) bond motifs is 1. The van der Waals surface area contributed by atoms with Crippen LogP contribution in [0.25, 0.3) is 11.0 Å². The maximum atomic E-state index is 12.5. The Balaban J connectivity index is 1.37. The number of aliphatic hydroxyl groups is 1. The van der Waals surface area contributed by atoms with Gasteiger partial charge in [-0.1, -0.05) is 13.8 Å². The average molecular weight is 368 g/mol. The molecule has 1 aliphatic heterocycles. The molecule has 0 aliphatic carbocycles. The lowest BCUT2D eigenvalue weighted by Crippen LogP contribution is -2.38. The Kier molecular flexibility index (Phi) is 4.67. The van der Waals surface area contributed by atoms with Gasteiger partial charge in [-0.15, -0.1) is 0 Å². The topological polar surface area (TPSA) is 110 Å². The molecule has 4 N–H and O–H groups in total. The number of aliphatic hydroxyl groups excluding tert-OH is 1. The molecule has 3 aromatic rings. The zero-order valence-corrected chi connectivity index (χ0v) is 15.4. The second-order valence-electron chi connectivity index (χ2n) is 7.34. The van der Waals surface area contributed by atoms with E-state index in [0.29, 0.717) is 36.0 Å². The second kappa shape index (κ2) is 7.13. The van der Waals surface area contributed by atoms with Crippen molar-refractivity contribution in [3.63, 3.8) is 0 Å². The number of hydrogen-bond acceptors (Lipinski definition) is 5. The van der Waals surface area contributed by atoms with E-state index in [2.05, 4.69) is 39.3 Å². The third-order valence-corrected chi connectivity index (χ3v) is 5.03. The van der Waals surface area contributed by atoms with Gasteiger partial charge in [0.1, 0.15) is 17.6 Å². The lowest BCUT2D eigenvalue weighted by atomic mass is 10.1. The van der Waals surface area contributed by atoms with Gasteiger partial charge in [0, 0.05) is 30.7 Å². The number of amides is 1. The van der Waals surface area contributed by atoms with Gasteiger partial charge in [-0.05, 0) is 36.6 Å². The summed E-state index contributed by atoms with van der Waals surface area (Å²) >= 11 is 0. The molecule has 2 unspecified atom stereocenters. The highest BCUT2D eigenvalue weighted by molar-refractivity contribution is 5.94. The molecule has 1 saturated heterocycles. The van der Waals surface area contributed by atoms with Gasteiger partial charge in [0.15, 0.2) is 0 Å². The molecule has 3 aromatic heterocycles. The van der Waals surface area contributed by atoms with E-state index in [1.807, 2.05) is 23.1 Å². The van der Waals surface area contributed by atoms with Crippen molar-refractivity contribution in [1.29, 1.82) is 0 Å². The summed E-state index contributed by atoms with van der Waals surface area (Å²) in [6.45, 7) is 5.40. The number of likely N-dealkylation sites (tertiary alicyclic amines) is 1. The van der Waals surface area contributed by atoms with Crippen LogP contribution in [-0.2, 0) is 0 Å². The highest BCUT2D eigenvalue weighted by Crippen LogP contribution is 2.24. The Morgan fingerprint density at radius 3 is 3.00 bits per heavy atom. The minimum Gasteiger partial charge on any atom is -0.372 e. The molecule has 1 amide bonds. The first-order valence-electron chi connectivity index (χ1n) is 9.23. The Labute approximate surface area is 157 Å². The highest BCUT2D eigenvalue weighted by Gasteiger charge is 2.30. The number of hydrogen-bond donors (Lipinski definition) is 4. The van der Waals surface area contributed by atoms with Crippen molar-refractivity contribution >= 4 is 16.9 Å². The lowest BCUT2D eigenvalue weighted by molar-refractivity contribution is 0.0139. The molecule has 4 rings (SSSR count). The molecule has 2 atom stereocenters. The number of rotatable bonds is 5. The SMILES string of the molecule is CC(C)c1cc(C(O)N2CCC(NC(=O)c3ccc4cc[nH]c4n3)C2)[nH]n1. The minimum absolute atomic E-state index is 0.0271. The number of nitrogens with zero attached hydrogens (tertiary/aromatic N) is 3. The summed E-state index contributed by atoms with van der Waals surface area (Å²) < 4.78 is 0. The molecular formula is C19H24N6O2. The van der Waals surface area contributed by atoms with Gasteiger partial charge >= 0.3 is 0 Å². The molecule has 0 radical (unpaired) electrons. The van der Waals surface area contributed by atoms with E-state index in [-0.39, 0.29) is 11.9 Å². The van der Waals surface area contributed by atoms with Crippen molar-refractivity contribution in [2.45, 2.75) is 38.5 Å². The van der Waals surface area contributed by atoms with E-state index in [9.17, 15) is 9.90 Å². The Morgan fingerprint density at radius 2 is 2.22 bits per heavy atom. The van der Waals surface area contributed by atoms with E-state index in [0.717, 1.165) is 17.5 Å². The van der Waals surface area contributed by atoms with Crippen LogP contribution in [-0.4, -0.2) is 55.2 Å². The molecule has 1 fully saturated rings. The first-order valence-corrected chi connectivity index (χ1v) is 9.23. The van der Waals surface area contributed by atoms with E-state index in [1.165, 1.54) is 0 Å². The van der Waals surface area contributed by atoms with Crippen LogP contribution >= 0.6 is 0 Å². The van der Waals surface area contributed by atoms with Crippen molar-refractivity contribution in [2.24, 2.45) is 0 Å². The fourth-order valence-electron chi connectivity index (χ4n) is 3.42. The predicted octanol–water partition coefficient (Wildman–Crippen LogP) is 1.90. The van der Waals surface area contributed by atoms with Gasteiger partial charge < -0.3 is 15.4 Å². The molecule has 1 aliphatic rings. The molecule has 142 valence electrons. The molecule has 8 heteroatoms. The summed E-state index contributed by atoms with van der Waals surface area (Å²) in [5.74, 6) is 0.105. The summed E-state index contributed by atoms with van der Waals surface area (Å²) in [6, 6.07) is 7.39. The summed E-state index contributed by atoms with van der Waals surface area (Å²) in [5, 5.41) is 21.8. The van der Waals surface area contributed by atoms with Crippen LogP contribution < -0.4 is 5.32 Å². The zero-order chi connectivity index (χ0) is 19.0. The maximum Gasteiger partial charge on any atom is 0.270 e. The van der Waals surface area contributed by atoms with Crippen LogP contribution in [0.5, 0.6) is 0 Å². The molecule has 27 heavy (non-hydrogen) atoms. The summed E-state index contributed by atoms with van der Waals surface area (Å²) in [6.07, 6.45) is 1.83. The summed E-state index contributed by atoms with van der Waals surface area (Å²) in [7, 11) is 0. The van der Waals surface area contributed by atoms with Gasteiger partial charge in [-0.2, -0.15) is 5.10 Å². The number of pyridine rings is 1. The minimum atomic E-state index is -0.750. The second-order valence-corrected chi connectivity index (χ2v) is 7.34. The number of nitrogens with one attached hydrogen (secondary N) is 3. The molecule has 0 bridgehead atoms. The summed E-state index contributed by atoms with van der Waals surface area (Å²) in [4.78, 5) is 21.8. The number of aromatic amines is 2.